The minimum Gasteiger partial charge on any atom is -0.493 e. The summed E-state index contributed by atoms with van der Waals surface area (Å²) in [4.78, 5) is 29.2. The van der Waals surface area contributed by atoms with Crippen LogP contribution in [0.3, 0.4) is 0 Å². The van der Waals surface area contributed by atoms with Crippen LogP contribution in [0.2, 0.25) is 0 Å². The molecule has 1 aliphatic heterocycles. The Balaban J connectivity index is 1.73. The number of ether oxygens (including phenoxy) is 2. The van der Waals surface area contributed by atoms with Crippen molar-refractivity contribution in [3.8, 4) is 11.5 Å². The molecule has 5 rings (SSSR count). The van der Waals surface area contributed by atoms with Gasteiger partial charge in [-0.1, -0.05) is 49.2 Å². The Labute approximate surface area is 210 Å². The maximum atomic E-state index is 13.8. The second-order valence-corrected chi connectivity index (χ2v) is 9.70. The number of carbonyl (C=O) groups excluding carboxylic acids is 1. The maximum absolute atomic E-state index is 13.8. The summed E-state index contributed by atoms with van der Waals surface area (Å²) < 4.78 is 17.6. The SMILES string of the molecule is COc1cc(C2c3c(oc4ccc(C)cc4c3=O)C(=O)N2c2ccc(C)cc2)ccc1OCC(C)C. The Bertz CT molecular complexity index is 1520. The third kappa shape index (κ3) is 4.02. The van der Waals surface area contributed by atoms with Crippen LogP contribution in [0.4, 0.5) is 5.69 Å². The predicted molar refractivity (Wildman–Crippen MR) is 140 cm³/mol. The highest BCUT2D eigenvalue weighted by Crippen LogP contribution is 2.43. The van der Waals surface area contributed by atoms with Crippen LogP contribution in [0, 0.1) is 19.8 Å². The van der Waals surface area contributed by atoms with Gasteiger partial charge in [-0.05, 0) is 61.7 Å². The van der Waals surface area contributed by atoms with Crippen molar-refractivity contribution in [3.63, 3.8) is 0 Å². The van der Waals surface area contributed by atoms with Crippen LogP contribution in [0.15, 0.2) is 69.9 Å². The molecule has 0 spiro atoms. The summed E-state index contributed by atoms with van der Waals surface area (Å²) in [6.07, 6.45) is 0. The third-order valence-corrected chi connectivity index (χ3v) is 6.41. The summed E-state index contributed by atoms with van der Waals surface area (Å²) in [5.41, 5.74) is 3.95. The topological polar surface area (TPSA) is 69.0 Å². The Morgan fingerprint density at radius 3 is 2.33 bits per heavy atom. The predicted octanol–water partition coefficient (Wildman–Crippen LogP) is 6.20. The molecule has 6 nitrogen and oxygen atoms in total. The fraction of sp³-hybridized carbons (Fsp3) is 0.267. The van der Waals surface area contributed by atoms with Gasteiger partial charge in [-0.25, -0.2) is 0 Å². The lowest BCUT2D eigenvalue weighted by Crippen LogP contribution is -2.29. The van der Waals surface area contributed by atoms with Crippen molar-refractivity contribution in [2.75, 3.05) is 18.6 Å². The van der Waals surface area contributed by atoms with Crippen molar-refractivity contribution in [1.82, 2.24) is 0 Å². The number of methoxy groups -OCH3 is 1. The standard InChI is InChI=1S/C30H29NO5/c1-17(2)16-35-24-13-9-20(15-25(24)34-5)27-26-28(32)22-14-19(4)8-12-23(22)36-29(26)30(33)31(27)21-10-6-18(3)7-11-21/h6-15,17,27H,16H2,1-5H3. The Kier molecular flexibility index (Phi) is 6.04. The van der Waals surface area contributed by atoms with Gasteiger partial charge in [0.05, 0.1) is 30.7 Å². The van der Waals surface area contributed by atoms with Crippen LogP contribution in [-0.4, -0.2) is 19.6 Å². The quantitative estimate of drug-likeness (QED) is 0.326. The van der Waals surface area contributed by atoms with Crippen molar-refractivity contribution >= 4 is 22.6 Å². The highest BCUT2D eigenvalue weighted by Gasteiger charge is 2.44. The van der Waals surface area contributed by atoms with Crippen molar-refractivity contribution in [3.05, 3.63) is 98.9 Å². The van der Waals surface area contributed by atoms with E-state index < -0.39 is 6.04 Å². The minimum absolute atomic E-state index is 0.0704. The molecule has 2 heterocycles. The van der Waals surface area contributed by atoms with E-state index in [0.717, 1.165) is 16.7 Å². The number of hydrogen-bond acceptors (Lipinski definition) is 5. The zero-order valence-electron chi connectivity index (χ0n) is 21.1. The van der Waals surface area contributed by atoms with Crippen LogP contribution in [-0.2, 0) is 0 Å². The van der Waals surface area contributed by atoms with Gasteiger partial charge in [0.25, 0.3) is 5.91 Å². The van der Waals surface area contributed by atoms with E-state index in [1.807, 2.05) is 62.4 Å². The summed E-state index contributed by atoms with van der Waals surface area (Å²) in [6, 6.07) is 18.0. The lowest BCUT2D eigenvalue weighted by molar-refractivity contribution is 0.0971. The minimum atomic E-state index is -0.676. The molecule has 1 unspecified atom stereocenters. The molecule has 1 atom stereocenters. The van der Waals surface area contributed by atoms with Crippen LogP contribution >= 0.6 is 0 Å². The average Bonchev–Trinajstić information content (AvgIpc) is 3.16. The smallest absolute Gasteiger partial charge is 0.295 e. The molecule has 1 amide bonds. The Morgan fingerprint density at radius 1 is 0.917 bits per heavy atom. The van der Waals surface area contributed by atoms with Crippen LogP contribution in [0.5, 0.6) is 11.5 Å². The molecule has 1 aliphatic rings. The third-order valence-electron chi connectivity index (χ3n) is 6.41. The lowest BCUT2D eigenvalue weighted by atomic mass is 9.97. The van der Waals surface area contributed by atoms with Gasteiger partial charge < -0.3 is 13.9 Å². The van der Waals surface area contributed by atoms with Crippen molar-refractivity contribution in [1.29, 1.82) is 0 Å². The van der Waals surface area contributed by atoms with E-state index in [-0.39, 0.29) is 17.1 Å². The van der Waals surface area contributed by atoms with Crippen LogP contribution in [0.1, 0.15) is 52.7 Å². The highest BCUT2D eigenvalue weighted by molar-refractivity contribution is 6.10. The number of aryl methyl sites for hydroxylation is 2. The lowest BCUT2D eigenvalue weighted by Gasteiger charge is -2.26. The Morgan fingerprint density at radius 2 is 1.64 bits per heavy atom. The molecule has 0 N–H and O–H groups in total. The van der Waals surface area contributed by atoms with E-state index in [4.69, 9.17) is 13.9 Å². The van der Waals surface area contributed by atoms with Gasteiger partial charge in [-0.2, -0.15) is 0 Å². The molecule has 0 radical (unpaired) electrons. The fourth-order valence-electron chi connectivity index (χ4n) is 4.60. The molecule has 1 aromatic heterocycles. The zero-order chi connectivity index (χ0) is 25.6. The molecule has 0 bridgehead atoms. The van der Waals surface area contributed by atoms with Gasteiger partial charge in [0, 0.05) is 5.69 Å². The highest BCUT2D eigenvalue weighted by atomic mass is 16.5. The molecule has 0 aliphatic carbocycles. The molecule has 4 aromatic rings. The summed E-state index contributed by atoms with van der Waals surface area (Å²) in [7, 11) is 1.58. The van der Waals surface area contributed by atoms with Crippen LogP contribution < -0.4 is 19.8 Å². The first-order valence-corrected chi connectivity index (χ1v) is 12.1. The second kappa shape index (κ2) is 9.19. The molecular weight excluding hydrogens is 454 g/mol. The zero-order valence-corrected chi connectivity index (χ0v) is 21.1. The maximum Gasteiger partial charge on any atom is 0.295 e. The number of fused-ring (bicyclic) bond motifs is 2. The number of hydrogen-bond donors (Lipinski definition) is 0. The van der Waals surface area contributed by atoms with Gasteiger partial charge in [0.2, 0.25) is 5.76 Å². The average molecular weight is 484 g/mol. The van der Waals surface area contributed by atoms with Gasteiger partial charge >= 0.3 is 0 Å². The number of nitrogens with zero attached hydrogens (tertiary/aromatic N) is 1. The normalized spacial score (nSPS) is 15.0. The molecular formula is C30H29NO5. The number of carbonyl (C=O) groups is 1. The number of rotatable bonds is 6. The largest absolute Gasteiger partial charge is 0.493 e. The number of benzene rings is 3. The second-order valence-electron chi connectivity index (χ2n) is 9.70. The van der Waals surface area contributed by atoms with E-state index in [0.29, 0.717) is 46.2 Å². The van der Waals surface area contributed by atoms with Gasteiger partial charge in [-0.15, -0.1) is 0 Å². The molecule has 0 saturated carbocycles. The van der Waals surface area contributed by atoms with Crippen molar-refractivity contribution in [2.45, 2.75) is 33.7 Å². The number of amides is 1. The molecule has 0 saturated heterocycles. The van der Waals surface area contributed by atoms with Crippen molar-refractivity contribution < 1.29 is 18.7 Å². The summed E-state index contributed by atoms with van der Waals surface area (Å²) in [6.45, 7) is 8.61. The molecule has 0 fully saturated rings. The summed E-state index contributed by atoms with van der Waals surface area (Å²) >= 11 is 0. The number of anilines is 1. The first kappa shape index (κ1) is 23.7. The molecule has 3 aromatic carbocycles. The van der Waals surface area contributed by atoms with Gasteiger partial charge in [-0.3, -0.25) is 14.5 Å². The van der Waals surface area contributed by atoms with Gasteiger partial charge in [0.15, 0.2) is 16.9 Å². The summed E-state index contributed by atoms with van der Waals surface area (Å²) in [5.74, 6) is 1.23. The molecule has 184 valence electrons. The van der Waals surface area contributed by atoms with E-state index in [1.54, 1.807) is 24.1 Å². The van der Waals surface area contributed by atoms with E-state index >= 15 is 0 Å². The molecule has 36 heavy (non-hydrogen) atoms. The van der Waals surface area contributed by atoms with E-state index in [1.165, 1.54) is 0 Å². The van der Waals surface area contributed by atoms with Crippen LogP contribution in [0.25, 0.3) is 11.0 Å². The summed E-state index contributed by atoms with van der Waals surface area (Å²) in [5, 5.41) is 0.459. The first-order chi connectivity index (χ1) is 17.3. The van der Waals surface area contributed by atoms with E-state index in [9.17, 15) is 9.59 Å². The van der Waals surface area contributed by atoms with E-state index in [2.05, 4.69) is 13.8 Å². The Hall–Kier alpha value is -4.06. The first-order valence-electron chi connectivity index (χ1n) is 12.1. The monoisotopic (exact) mass is 483 g/mol. The van der Waals surface area contributed by atoms with Gasteiger partial charge in [0.1, 0.15) is 5.58 Å². The van der Waals surface area contributed by atoms with Crippen molar-refractivity contribution in [2.24, 2.45) is 5.92 Å². The fourth-order valence-corrected chi connectivity index (χ4v) is 4.60. The molecule has 6 heteroatoms.